The molecule has 2 fully saturated rings. The molecule has 3 aliphatic rings. The Bertz CT molecular complexity index is 270. The molecule has 2 saturated carbocycles. The number of rotatable bonds is 0. The van der Waals surface area contributed by atoms with Gasteiger partial charge in [0.15, 0.2) is 0 Å². The lowest BCUT2D eigenvalue weighted by Crippen LogP contribution is -2.54. The maximum atomic E-state index is 9.86. The summed E-state index contributed by atoms with van der Waals surface area (Å²) in [5.41, 5.74) is 0.356. The Labute approximate surface area is 79.8 Å². The summed E-state index contributed by atoms with van der Waals surface area (Å²) in [7, 11) is 0. The van der Waals surface area contributed by atoms with E-state index in [1.54, 1.807) is 0 Å². The van der Waals surface area contributed by atoms with Crippen LogP contribution in [0.5, 0.6) is 0 Å². The fourth-order valence-electron chi connectivity index (χ4n) is 4.35. The zero-order valence-electron chi connectivity index (χ0n) is 8.40. The van der Waals surface area contributed by atoms with Gasteiger partial charge in [0.05, 0.1) is 6.10 Å². The van der Waals surface area contributed by atoms with Crippen LogP contribution in [0.25, 0.3) is 0 Å². The zero-order chi connectivity index (χ0) is 9.22. The molecule has 0 unspecified atom stereocenters. The SMILES string of the molecule is C[C@@H]1CC[C@H]2[C@@H]1[C@@H]1[C@H](O)C=C[C@@]12C. The van der Waals surface area contributed by atoms with Crippen LogP contribution in [0, 0.1) is 29.1 Å². The second-order valence-corrected chi connectivity index (χ2v) is 5.48. The van der Waals surface area contributed by atoms with Gasteiger partial charge < -0.3 is 5.11 Å². The number of hydrogen-bond donors (Lipinski definition) is 1. The van der Waals surface area contributed by atoms with Crippen molar-refractivity contribution < 1.29 is 5.11 Å². The molecule has 0 aromatic carbocycles. The maximum Gasteiger partial charge on any atom is 0.0760 e. The summed E-state index contributed by atoms with van der Waals surface area (Å²) in [5, 5.41) is 9.86. The monoisotopic (exact) mass is 178 g/mol. The van der Waals surface area contributed by atoms with Crippen molar-refractivity contribution in [3.63, 3.8) is 0 Å². The fourth-order valence-corrected chi connectivity index (χ4v) is 4.35. The normalized spacial score (nSPS) is 63.2. The molecule has 3 rings (SSSR count). The van der Waals surface area contributed by atoms with Gasteiger partial charge in [-0.15, -0.1) is 0 Å². The van der Waals surface area contributed by atoms with Crippen molar-refractivity contribution in [1.29, 1.82) is 0 Å². The van der Waals surface area contributed by atoms with Crippen molar-refractivity contribution in [3.05, 3.63) is 12.2 Å². The first-order chi connectivity index (χ1) is 6.14. The highest BCUT2D eigenvalue weighted by atomic mass is 16.3. The summed E-state index contributed by atoms with van der Waals surface area (Å²) in [6.45, 7) is 4.69. The molecule has 0 bridgehead atoms. The Morgan fingerprint density at radius 1 is 1.38 bits per heavy atom. The molecule has 0 amide bonds. The molecule has 0 heterocycles. The van der Waals surface area contributed by atoms with E-state index < -0.39 is 0 Å². The predicted molar refractivity (Wildman–Crippen MR) is 52.1 cm³/mol. The van der Waals surface area contributed by atoms with E-state index in [0.717, 1.165) is 17.8 Å². The molecule has 1 N–H and O–H groups in total. The summed E-state index contributed by atoms with van der Waals surface area (Å²) < 4.78 is 0. The van der Waals surface area contributed by atoms with E-state index in [0.29, 0.717) is 11.3 Å². The van der Waals surface area contributed by atoms with Gasteiger partial charge in [0.2, 0.25) is 0 Å². The lowest BCUT2D eigenvalue weighted by molar-refractivity contribution is -0.104. The van der Waals surface area contributed by atoms with Gasteiger partial charge in [-0.25, -0.2) is 0 Å². The Balaban J connectivity index is 1.95. The molecular weight excluding hydrogens is 160 g/mol. The molecule has 0 spiro atoms. The Hall–Kier alpha value is -0.300. The van der Waals surface area contributed by atoms with Crippen LogP contribution in [-0.4, -0.2) is 11.2 Å². The summed E-state index contributed by atoms with van der Waals surface area (Å²) >= 11 is 0. The summed E-state index contributed by atoms with van der Waals surface area (Å²) in [6, 6.07) is 0. The largest absolute Gasteiger partial charge is 0.389 e. The molecule has 0 aliphatic heterocycles. The van der Waals surface area contributed by atoms with Crippen LogP contribution in [0.4, 0.5) is 0 Å². The number of allylic oxidation sites excluding steroid dienone is 1. The molecule has 6 atom stereocenters. The standard InChI is InChI=1S/C12H18O/c1-7-3-4-8-10(7)11-9(13)5-6-12(8,11)2/h5-11,13H,3-4H2,1-2H3/t7-,8+,9-,10-,11+,12-/m1/s1. The molecule has 1 heteroatoms. The first kappa shape index (κ1) is 8.05. The highest BCUT2D eigenvalue weighted by Crippen LogP contribution is 2.68. The van der Waals surface area contributed by atoms with E-state index in [9.17, 15) is 5.11 Å². The van der Waals surface area contributed by atoms with Crippen molar-refractivity contribution in [1.82, 2.24) is 0 Å². The van der Waals surface area contributed by atoms with E-state index >= 15 is 0 Å². The molecular formula is C12H18O. The van der Waals surface area contributed by atoms with Gasteiger partial charge in [0.25, 0.3) is 0 Å². The van der Waals surface area contributed by atoms with Crippen LogP contribution >= 0.6 is 0 Å². The third-order valence-corrected chi connectivity index (χ3v) is 5.01. The van der Waals surface area contributed by atoms with E-state index in [-0.39, 0.29) is 6.10 Å². The predicted octanol–water partition coefficient (Wildman–Crippen LogP) is 2.22. The average molecular weight is 178 g/mol. The average Bonchev–Trinajstić information content (AvgIpc) is 2.50. The third-order valence-electron chi connectivity index (χ3n) is 5.01. The molecule has 1 nitrogen and oxygen atoms in total. The number of aliphatic hydroxyl groups is 1. The lowest BCUT2D eigenvalue weighted by atomic mass is 9.48. The quantitative estimate of drug-likeness (QED) is 0.564. The van der Waals surface area contributed by atoms with E-state index in [4.69, 9.17) is 0 Å². The molecule has 0 radical (unpaired) electrons. The number of aliphatic hydroxyl groups excluding tert-OH is 1. The molecule has 72 valence electrons. The minimum Gasteiger partial charge on any atom is -0.389 e. The summed E-state index contributed by atoms with van der Waals surface area (Å²) in [5.74, 6) is 3.09. The second kappa shape index (κ2) is 2.20. The van der Waals surface area contributed by atoms with Crippen LogP contribution in [0.3, 0.4) is 0 Å². The van der Waals surface area contributed by atoms with Gasteiger partial charge in [0, 0.05) is 5.92 Å². The van der Waals surface area contributed by atoms with Gasteiger partial charge in [0.1, 0.15) is 0 Å². The molecule has 0 aromatic heterocycles. The van der Waals surface area contributed by atoms with Gasteiger partial charge in [-0.2, -0.15) is 0 Å². The minimum absolute atomic E-state index is 0.146. The van der Waals surface area contributed by atoms with Gasteiger partial charge in [-0.1, -0.05) is 32.4 Å². The number of hydrogen-bond acceptors (Lipinski definition) is 1. The van der Waals surface area contributed by atoms with E-state index in [1.807, 2.05) is 6.08 Å². The number of fused-ring (bicyclic) bond motifs is 4. The molecule has 0 aromatic rings. The first-order valence-electron chi connectivity index (χ1n) is 5.52. The molecule has 0 saturated heterocycles. The van der Waals surface area contributed by atoms with Crippen LogP contribution in [0.2, 0.25) is 0 Å². The fraction of sp³-hybridized carbons (Fsp3) is 0.833. The highest BCUT2D eigenvalue weighted by Gasteiger charge is 2.64. The molecule has 13 heavy (non-hydrogen) atoms. The van der Waals surface area contributed by atoms with Crippen molar-refractivity contribution >= 4 is 0 Å². The summed E-state index contributed by atoms with van der Waals surface area (Å²) in [6.07, 6.45) is 6.92. The highest BCUT2D eigenvalue weighted by molar-refractivity contribution is 5.26. The van der Waals surface area contributed by atoms with E-state index in [2.05, 4.69) is 19.9 Å². The van der Waals surface area contributed by atoms with Crippen LogP contribution in [0.15, 0.2) is 12.2 Å². The first-order valence-corrected chi connectivity index (χ1v) is 5.52. The van der Waals surface area contributed by atoms with Crippen molar-refractivity contribution in [2.75, 3.05) is 0 Å². The maximum absolute atomic E-state index is 9.86. The Morgan fingerprint density at radius 2 is 2.15 bits per heavy atom. The van der Waals surface area contributed by atoms with Crippen molar-refractivity contribution in [2.24, 2.45) is 29.1 Å². The van der Waals surface area contributed by atoms with Crippen molar-refractivity contribution in [3.8, 4) is 0 Å². The minimum atomic E-state index is -0.146. The van der Waals surface area contributed by atoms with Gasteiger partial charge in [-0.05, 0) is 29.6 Å². The topological polar surface area (TPSA) is 20.2 Å². The van der Waals surface area contributed by atoms with Crippen LogP contribution < -0.4 is 0 Å². The van der Waals surface area contributed by atoms with Crippen LogP contribution in [0.1, 0.15) is 26.7 Å². The van der Waals surface area contributed by atoms with Crippen molar-refractivity contribution in [2.45, 2.75) is 32.8 Å². The lowest BCUT2D eigenvalue weighted by Gasteiger charge is -2.56. The van der Waals surface area contributed by atoms with Crippen LogP contribution in [-0.2, 0) is 0 Å². The molecule has 3 aliphatic carbocycles. The van der Waals surface area contributed by atoms with Gasteiger partial charge in [-0.3, -0.25) is 0 Å². The van der Waals surface area contributed by atoms with Gasteiger partial charge >= 0.3 is 0 Å². The smallest absolute Gasteiger partial charge is 0.0760 e. The zero-order valence-corrected chi connectivity index (χ0v) is 8.40. The Kier molecular flexibility index (Phi) is 1.36. The Morgan fingerprint density at radius 3 is 2.92 bits per heavy atom. The summed E-state index contributed by atoms with van der Waals surface area (Å²) in [4.78, 5) is 0. The van der Waals surface area contributed by atoms with E-state index in [1.165, 1.54) is 12.8 Å². The third kappa shape index (κ3) is 0.735. The second-order valence-electron chi connectivity index (χ2n) is 5.48.